The molecule has 0 unspecified atom stereocenters. The predicted molar refractivity (Wildman–Crippen MR) is 100 cm³/mol. The lowest BCUT2D eigenvalue weighted by Crippen LogP contribution is -2.31. The molecule has 2 aromatic rings. The van der Waals surface area contributed by atoms with Gasteiger partial charge in [-0.2, -0.15) is 19.0 Å². The number of hydrogen-bond acceptors (Lipinski definition) is 6. The van der Waals surface area contributed by atoms with Crippen LogP contribution in [0.15, 0.2) is 12.1 Å². The summed E-state index contributed by atoms with van der Waals surface area (Å²) in [6.45, 7) is 2.37. The highest BCUT2D eigenvalue weighted by Crippen LogP contribution is 2.54. The predicted octanol–water partition coefficient (Wildman–Crippen LogP) is 4.05. The van der Waals surface area contributed by atoms with Crippen molar-refractivity contribution in [2.24, 2.45) is 11.3 Å². The van der Waals surface area contributed by atoms with Gasteiger partial charge in [0.05, 0.1) is 5.69 Å². The van der Waals surface area contributed by atoms with Crippen molar-refractivity contribution >= 4 is 28.1 Å². The molecule has 0 spiro atoms. The second kappa shape index (κ2) is 7.09. The number of thiazole rings is 1. The van der Waals surface area contributed by atoms with Crippen LogP contribution in [0.5, 0.6) is 0 Å². The molecule has 28 heavy (non-hydrogen) atoms. The SMILES string of the molecule is Cc1sc(N(C#N)c2cc(F)nc(F)c2)nc1C(=O)NCC1(CC2CC2)CC1. The van der Waals surface area contributed by atoms with Crippen molar-refractivity contribution < 1.29 is 13.6 Å². The molecule has 2 aliphatic rings. The van der Waals surface area contributed by atoms with Gasteiger partial charge in [0.15, 0.2) is 6.19 Å². The number of rotatable bonds is 7. The minimum atomic E-state index is -1.04. The van der Waals surface area contributed by atoms with E-state index in [-0.39, 0.29) is 27.8 Å². The normalized spacial score (nSPS) is 17.1. The smallest absolute Gasteiger partial charge is 0.271 e. The molecule has 2 aliphatic carbocycles. The van der Waals surface area contributed by atoms with E-state index < -0.39 is 11.9 Å². The molecule has 2 heterocycles. The summed E-state index contributed by atoms with van der Waals surface area (Å²) in [5.74, 6) is -1.54. The van der Waals surface area contributed by atoms with Gasteiger partial charge in [0.1, 0.15) is 5.69 Å². The third kappa shape index (κ3) is 3.97. The molecule has 0 aliphatic heterocycles. The maximum absolute atomic E-state index is 13.4. The number of nitriles is 1. The van der Waals surface area contributed by atoms with Crippen molar-refractivity contribution in [3.63, 3.8) is 0 Å². The summed E-state index contributed by atoms with van der Waals surface area (Å²) in [6, 6.07) is 1.88. The molecule has 0 aromatic carbocycles. The standard InChI is InChI=1S/C19H19F2N5OS/c1-11-16(17(27)23-9-19(4-5-19)8-12-2-3-12)25-18(28-11)26(10-22)13-6-14(20)24-15(21)7-13/h6-7,12H,2-5,8-9H2,1H3,(H,23,27). The summed E-state index contributed by atoms with van der Waals surface area (Å²) in [5.41, 5.74) is 0.445. The van der Waals surface area contributed by atoms with E-state index in [2.05, 4.69) is 15.3 Å². The maximum atomic E-state index is 13.4. The Balaban J connectivity index is 1.49. The molecule has 146 valence electrons. The zero-order chi connectivity index (χ0) is 19.9. The highest BCUT2D eigenvalue weighted by atomic mass is 32.1. The maximum Gasteiger partial charge on any atom is 0.271 e. The van der Waals surface area contributed by atoms with Gasteiger partial charge in [0, 0.05) is 23.6 Å². The van der Waals surface area contributed by atoms with Crippen LogP contribution in [-0.2, 0) is 0 Å². The Labute approximate surface area is 165 Å². The zero-order valence-corrected chi connectivity index (χ0v) is 16.2. The number of pyridine rings is 1. The fourth-order valence-electron chi connectivity index (χ4n) is 3.40. The number of aromatic nitrogens is 2. The van der Waals surface area contributed by atoms with Crippen LogP contribution in [0.3, 0.4) is 0 Å². The number of hydrogen-bond donors (Lipinski definition) is 1. The quantitative estimate of drug-likeness (QED) is 0.428. The molecule has 9 heteroatoms. The van der Waals surface area contributed by atoms with Crippen LogP contribution < -0.4 is 10.2 Å². The van der Waals surface area contributed by atoms with Gasteiger partial charge < -0.3 is 5.32 Å². The Hall–Kier alpha value is -2.60. The Kier molecular flexibility index (Phi) is 4.75. The lowest BCUT2D eigenvalue weighted by atomic mass is 9.99. The molecule has 0 atom stereocenters. The van der Waals surface area contributed by atoms with Crippen LogP contribution in [0.2, 0.25) is 0 Å². The number of anilines is 2. The third-order valence-electron chi connectivity index (χ3n) is 5.30. The molecule has 0 radical (unpaired) electrons. The van der Waals surface area contributed by atoms with Crippen molar-refractivity contribution in [1.29, 1.82) is 5.26 Å². The molecule has 1 amide bonds. The molecule has 6 nitrogen and oxygen atoms in total. The third-order valence-corrected chi connectivity index (χ3v) is 6.25. The van der Waals surface area contributed by atoms with E-state index in [9.17, 15) is 18.8 Å². The average molecular weight is 403 g/mol. The summed E-state index contributed by atoms with van der Waals surface area (Å²) in [5, 5.41) is 12.6. The Bertz CT molecular complexity index is 941. The molecular weight excluding hydrogens is 384 g/mol. The van der Waals surface area contributed by atoms with Gasteiger partial charge in [-0.15, -0.1) is 11.3 Å². The van der Waals surface area contributed by atoms with E-state index in [4.69, 9.17) is 0 Å². The van der Waals surface area contributed by atoms with Crippen LogP contribution in [0.25, 0.3) is 0 Å². The summed E-state index contributed by atoms with van der Waals surface area (Å²) in [4.78, 5) is 21.5. The Morgan fingerprint density at radius 2 is 2.04 bits per heavy atom. The molecule has 0 saturated heterocycles. The summed E-state index contributed by atoms with van der Waals surface area (Å²) >= 11 is 1.12. The minimum Gasteiger partial charge on any atom is -0.350 e. The Morgan fingerprint density at radius 1 is 1.36 bits per heavy atom. The van der Waals surface area contributed by atoms with Gasteiger partial charge in [-0.1, -0.05) is 12.8 Å². The zero-order valence-electron chi connectivity index (χ0n) is 15.3. The summed E-state index contributed by atoms with van der Waals surface area (Å²) in [6.07, 6.45) is 7.91. The highest BCUT2D eigenvalue weighted by Gasteiger charge is 2.46. The number of carbonyl (C=O) groups is 1. The van der Waals surface area contributed by atoms with E-state index in [1.54, 1.807) is 6.92 Å². The molecule has 4 rings (SSSR count). The summed E-state index contributed by atoms with van der Waals surface area (Å²) < 4.78 is 26.8. The van der Waals surface area contributed by atoms with Gasteiger partial charge in [-0.3, -0.25) is 4.79 Å². The van der Waals surface area contributed by atoms with E-state index >= 15 is 0 Å². The minimum absolute atomic E-state index is 0.0328. The first-order valence-electron chi connectivity index (χ1n) is 9.18. The number of nitrogens with zero attached hydrogens (tertiary/aromatic N) is 4. The van der Waals surface area contributed by atoms with Crippen LogP contribution >= 0.6 is 11.3 Å². The molecule has 2 fully saturated rings. The number of carbonyl (C=O) groups excluding carboxylic acids is 1. The van der Waals surface area contributed by atoms with Crippen molar-refractivity contribution in [3.8, 4) is 6.19 Å². The van der Waals surface area contributed by atoms with Crippen LogP contribution in [0.4, 0.5) is 19.6 Å². The molecule has 0 bridgehead atoms. The number of amides is 1. The van der Waals surface area contributed by atoms with E-state index in [0.717, 1.165) is 47.1 Å². The number of halogens is 2. The first-order valence-corrected chi connectivity index (χ1v) is 9.99. The van der Waals surface area contributed by atoms with E-state index in [0.29, 0.717) is 11.4 Å². The highest BCUT2D eigenvalue weighted by molar-refractivity contribution is 7.16. The van der Waals surface area contributed by atoms with Gasteiger partial charge in [-0.05, 0) is 37.5 Å². The van der Waals surface area contributed by atoms with E-state index in [1.165, 1.54) is 19.3 Å². The van der Waals surface area contributed by atoms with Crippen LogP contribution in [0, 0.1) is 41.6 Å². The van der Waals surface area contributed by atoms with Crippen molar-refractivity contribution in [2.45, 2.75) is 39.0 Å². The first-order chi connectivity index (χ1) is 13.4. The van der Waals surface area contributed by atoms with Crippen molar-refractivity contribution in [3.05, 3.63) is 34.6 Å². The molecule has 2 saturated carbocycles. The average Bonchev–Trinajstić information content (AvgIpc) is 3.56. The molecular formula is C19H19F2N5OS. The van der Waals surface area contributed by atoms with Crippen molar-refractivity contribution in [1.82, 2.24) is 15.3 Å². The lowest BCUT2D eigenvalue weighted by Gasteiger charge is -2.15. The number of aryl methyl sites for hydroxylation is 1. The van der Waals surface area contributed by atoms with Gasteiger partial charge in [0.2, 0.25) is 17.0 Å². The van der Waals surface area contributed by atoms with Crippen LogP contribution in [-0.4, -0.2) is 22.4 Å². The number of nitrogens with one attached hydrogen (secondary N) is 1. The van der Waals surface area contributed by atoms with Gasteiger partial charge >= 0.3 is 0 Å². The lowest BCUT2D eigenvalue weighted by molar-refractivity contribution is 0.0938. The van der Waals surface area contributed by atoms with Crippen LogP contribution in [0.1, 0.15) is 47.5 Å². The second-order valence-electron chi connectivity index (χ2n) is 7.64. The van der Waals surface area contributed by atoms with Crippen molar-refractivity contribution in [2.75, 3.05) is 11.4 Å². The van der Waals surface area contributed by atoms with Gasteiger partial charge in [0.25, 0.3) is 5.91 Å². The second-order valence-corrected chi connectivity index (χ2v) is 8.82. The van der Waals surface area contributed by atoms with Gasteiger partial charge in [-0.25, -0.2) is 9.88 Å². The molecule has 1 N–H and O–H groups in total. The first kappa shape index (κ1) is 18.7. The fourth-order valence-corrected chi connectivity index (χ4v) is 4.28. The monoisotopic (exact) mass is 403 g/mol. The largest absolute Gasteiger partial charge is 0.350 e. The van der Waals surface area contributed by atoms with E-state index in [1.807, 2.05) is 6.19 Å². The topological polar surface area (TPSA) is 81.9 Å². The molecule has 2 aromatic heterocycles. The fraction of sp³-hybridized carbons (Fsp3) is 0.474. The summed E-state index contributed by atoms with van der Waals surface area (Å²) in [7, 11) is 0. The Morgan fingerprint density at radius 3 is 2.61 bits per heavy atom.